The number of hydrogen-bond donors (Lipinski definition) is 1. The highest BCUT2D eigenvalue weighted by molar-refractivity contribution is 7.10. The third kappa shape index (κ3) is 2.68. The van der Waals surface area contributed by atoms with Gasteiger partial charge in [0, 0.05) is 17.3 Å². The zero-order chi connectivity index (χ0) is 12.1. The molecule has 0 aliphatic rings. The highest BCUT2D eigenvalue weighted by Gasteiger charge is 2.15. The number of aromatic nitrogens is 1. The van der Waals surface area contributed by atoms with Gasteiger partial charge < -0.3 is 5.32 Å². The lowest BCUT2D eigenvalue weighted by Gasteiger charge is -2.09. The van der Waals surface area contributed by atoms with Crippen LogP contribution >= 0.6 is 11.3 Å². The van der Waals surface area contributed by atoms with Crippen molar-refractivity contribution in [1.82, 2.24) is 10.3 Å². The summed E-state index contributed by atoms with van der Waals surface area (Å²) in [5, 5.41) is 13.5. The summed E-state index contributed by atoms with van der Waals surface area (Å²) >= 11 is 1.44. The van der Waals surface area contributed by atoms with Crippen molar-refractivity contribution < 1.29 is 4.79 Å². The number of rotatable bonds is 3. The van der Waals surface area contributed by atoms with Crippen LogP contribution in [0.15, 0.2) is 42.0 Å². The lowest BCUT2D eigenvalue weighted by atomic mass is 10.2. The van der Waals surface area contributed by atoms with E-state index in [2.05, 4.69) is 16.4 Å². The minimum absolute atomic E-state index is 0.293. The second kappa shape index (κ2) is 5.23. The summed E-state index contributed by atoms with van der Waals surface area (Å²) in [4.78, 5) is 16.5. The fraction of sp³-hybridized carbons (Fsp3) is 0.0833. The van der Waals surface area contributed by atoms with Crippen LogP contribution in [0.3, 0.4) is 0 Å². The number of nitriles is 1. The first-order chi connectivity index (χ1) is 8.31. The number of carbonyl (C=O) groups excluding carboxylic acids is 1. The smallest absolute Gasteiger partial charge is 0.254 e. The van der Waals surface area contributed by atoms with Gasteiger partial charge in [0.15, 0.2) is 6.04 Å². The SMILES string of the molecule is N#CC(NC(=O)c1cccnc1)c1cccs1. The van der Waals surface area contributed by atoms with E-state index in [1.165, 1.54) is 17.5 Å². The van der Waals surface area contributed by atoms with Gasteiger partial charge in [0.05, 0.1) is 11.6 Å². The summed E-state index contributed by atoms with van der Waals surface area (Å²) in [6, 6.07) is 8.46. The van der Waals surface area contributed by atoms with Crippen LogP contribution in [0.2, 0.25) is 0 Å². The molecule has 0 spiro atoms. The van der Waals surface area contributed by atoms with E-state index in [0.717, 1.165) is 4.88 Å². The van der Waals surface area contributed by atoms with Crippen molar-refractivity contribution in [2.24, 2.45) is 0 Å². The average Bonchev–Trinajstić information content (AvgIpc) is 2.90. The normalized spacial score (nSPS) is 11.5. The summed E-state index contributed by atoms with van der Waals surface area (Å²) < 4.78 is 0. The van der Waals surface area contributed by atoms with E-state index in [4.69, 9.17) is 5.26 Å². The van der Waals surface area contributed by atoms with Gasteiger partial charge >= 0.3 is 0 Å². The molecule has 0 fully saturated rings. The molecule has 0 saturated carbocycles. The van der Waals surface area contributed by atoms with Gasteiger partial charge in [0.25, 0.3) is 5.91 Å². The molecule has 2 aromatic heterocycles. The molecule has 1 N–H and O–H groups in total. The molecule has 1 atom stereocenters. The molecular weight excluding hydrogens is 234 g/mol. The predicted octanol–water partition coefficient (Wildman–Crippen LogP) is 2.14. The van der Waals surface area contributed by atoms with Crippen molar-refractivity contribution in [3.05, 3.63) is 52.5 Å². The Balaban J connectivity index is 2.11. The third-order valence-electron chi connectivity index (χ3n) is 2.16. The molecule has 17 heavy (non-hydrogen) atoms. The molecule has 1 unspecified atom stereocenters. The van der Waals surface area contributed by atoms with Gasteiger partial charge in [-0.25, -0.2) is 0 Å². The number of hydrogen-bond acceptors (Lipinski definition) is 4. The molecule has 0 bridgehead atoms. The first-order valence-corrected chi connectivity index (χ1v) is 5.83. The third-order valence-corrected chi connectivity index (χ3v) is 3.09. The average molecular weight is 243 g/mol. The van der Waals surface area contributed by atoms with Gasteiger partial charge in [-0.15, -0.1) is 11.3 Å². The largest absolute Gasteiger partial charge is 0.332 e. The van der Waals surface area contributed by atoms with E-state index in [1.54, 1.807) is 18.3 Å². The number of nitrogens with one attached hydrogen (secondary N) is 1. The summed E-state index contributed by atoms with van der Waals surface area (Å²) in [6.07, 6.45) is 3.07. The topological polar surface area (TPSA) is 65.8 Å². The molecule has 0 saturated heterocycles. The van der Waals surface area contributed by atoms with Crippen LogP contribution in [0, 0.1) is 11.3 Å². The number of nitrogens with zero attached hydrogens (tertiary/aromatic N) is 2. The Hall–Kier alpha value is -2.19. The lowest BCUT2D eigenvalue weighted by Crippen LogP contribution is -2.27. The number of thiophene rings is 1. The summed E-state index contributed by atoms with van der Waals surface area (Å²) in [5.41, 5.74) is 0.448. The molecular formula is C12H9N3OS. The van der Waals surface area contributed by atoms with E-state index in [1.807, 2.05) is 17.5 Å². The second-order valence-corrected chi connectivity index (χ2v) is 4.27. The van der Waals surface area contributed by atoms with E-state index in [9.17, 15) is 4.79 Å². The standard InChI is InChI=1S/C12H9N3OS/c13-7-10(11-4-2-6-17-11)15-12(16)9-3-1-5-14-8-9/h1-6,8,10H,(H,15,16). The van der Waals surface area contributed by atoms with Crippen LogP contribution in [-0.2, 0) is 0 Å². The van der Waals surface area contributed by atoms with Crippen LogP contribution in [0.1, 0.15) is 21.3 Å². The van der Waals surface area contributed by atoms with Crippen molar-refractivity contribution in [3.63, 3.8) is 0 Å². The maximum Gasteiger partial charge on any atom is 0.254 e. The van der Waals surface area contributed by atoms with E-state index in [0.29, 0.717) is 5.56 Å². The fourth-order valence-electron chi connectivity index (χ4n) is 1.33. The molecule has 2 heterocycles. The molecule has 0 aliphatic heterocycles. The fourth-order valence-corrected chi connectivity index (χ4v) is 2.05. The maximum atomic E-state index is 11.8. The van der Waals surface area contributed by atoms with Gasteiger partial charge in [-0.05, 0) is 23.6 Å². The summed E-state index contributed by atoms with van der Waals surface area (Å²) in [7, 11) is 0. The van der Waals surface area contributed by atoms with Crippen LogP contribution in [-0.4, -0.2) is 10.9 Å². The Bertz CT molecular complexity index is 531. The molecule has 0 aromatic carbocycles. The number of amides is 1. The Morgan fingerprint density at radius 2 is 2.35 bits per heavy atom. The second-order valence-electron chi connectivity index (χ2n) is 3.29. The molecule has 0 radical (unpaired) electrons. The van der Waals surface area contributed by atoms with Gasteiger partial charge in [-0.1, -0.05) is 6.07 Å². The molecule has 4 nitrogen and oxygen atoms in total. The summed E-state index contributed by atoms with van der Waals surface area (Å²) in [6.45, 7) is 0. The van der Waals surface area contributed by atoms with Crippen LogP contribution in [0.5, 0.6) is 0 Å². The Kier molecular flexibility index (Phi) is 3.48. The first kappa shape index (κ1) is 11.3. The summed E-state index contributed by atoms with van der Waals surface area (Å²) in [5.74, 6) is -0.293. The van der Waals surface area contributed by atoms with Gasteiger partial charge in [0.1, 0.15) is 0 Å². The minimum atomic E-state index is -0.609. The van der Waals surface area contributed by atoms with E-state index >= 15 is 0 Å². The minimum Gasteiger partial charge on any atom is -0.332 e. The number of carbonyl (C=O) groups is 1. The highest BCUT2D eigenvalue weighted by atomic mass is 32.1. The Labute approximate surface area is 103 Å². The molecule has 1 amide bonds. The molecule has 84 valence electrons. The van der Waals surface area contributed by atoms with Crippen molar-refractivity contribution in [2.75, 3.05) is 0 Å². The Morgan fingerprint density at radius 3 is 2.94 bits per heavy atom. The zero-order valence-corrected chi connectivity index (χ0v) is 9.65. The highest BCUT2D eigenvalue weighted by Crippen LogP contribution is 2.18. The quantitative estimate of drug-likeness (QED) is 0.898. The number of pyridine rings is 1. The van der Waals surface area contributed by atoms with Gasteiger partial charge in [0.2, 0.25) is 0 Å². The molecule has 5 heteroatoms. The molecule has 2 aromatic rings. The molecule has 0 aliphatic carbocycles. The maximum absolute atomic E-state index is 11.8. The van der Waals surface area contributed by atoms with Crippen molar-refractivity contribution >= 4 is 17.2 Å². The van der Waals surface area contributed by atoms with Gasteiger partial charge in [-0.3, -0.25) is 9.78 Å². The van der Waals surface area contributed by atoms with E-state index in [-0.39, 0.29) is 5.91 Å². The van der Waals surface area contributed by atoms with Crippen LogP contribution in [0.25, 0.3) is 0 Å². The lowest BCUT2D eigenvalue weighted by molar-refractivity contribution is 0.0945. The van der Waals surface area contributed by atoms with E-state index < -0.39 is 6.04 Å². The van der Waals surface area contributed by atoms with Crippen molar-refractivity contribution in [2.45, 2.75) is 6.04 Å². The molecule has 2 rings (SSSR count). The van der Waals surface area contributed by atoms with Crippen LogP contribution in [0.4, 0.5) is 0 Å². The van der Waals surface area contributed by atoms with Gasteiger partial charge in [-0.2, -0.15) is 5.26 Å². The van der Waals surface area contributed by atoms with Crippen molar-refractivity contribution in [3.8, 4) is 6.07 Å². The van der Waals surface area contributed by atoms with Crippen molar-refractivity contribution in [1.29, 1.82) is 5.26 Å². The Morgan fingerprint density at radius 1 is 1.47 bits per heavy atom. The predicted molar refractivity (Wildman–Crippen MR) is 64.4 cm³/mol. The zero-order valence-electron chi connectivity index (χ0n) is 8.83. The first-order valence-electron chi connectivity index (χ1n) is 4.95. The van der Waals surface area contributed by atoms with Crippen LogP contribution < -0.4 is 5.32 Å². The monoisotopic (exact) mass is 243 g/mol.